The van der Waals surface area contributed by atoms with Gasteiger partial charge in [-0.3, -0.25) is 4.79 Å². The van der Waals surface area contributed by atoms with Gasteiger partial charge in [-0.2, -0.15) is 0 Å². The lowest BCUT2D eigenvalue weighted by Gasteiger charge is -2.11. The van der Waals surface area contributed by atoms with E-state index < -0.39 is 46.5 Å². The molecule has 0 radical (unpaired) electrons. The van der Waals surface area contributed by atoms with Crippen LogP contribution in [0.3, 0.4) is 0 Å². The standard InChI is InChI=1S/C15H8F5NO3/c1-24-15(23)6-4-2-3-5-7(6)21-14(22)8-9(16)11(18)13(20)12(19)10(8)17/h2-5H,1H3,(H,21,22). The second kappa shape index (κ2) is 6.65. The maximum absolute atomic E-state index is 13.6. The third-order valence-electron chi connectivity index (χ3n) is 3.02. The van der Waals surface area contributed by atoms with E-state index >= 15 is 0 Å². The van der Waals surface area contributed by atoms with Gasteiger partial charge in [-0.05, 0) is 12.1 Å². The fraction of sp³-hybridized carbons (Fsp3) is 0.0667. The smallest absolute Gasteiger partial charge is 0.339 e. The van der Waals surface area contributed by atoms with Crippen molar-refractivity contribution in [3.05, 3.63) is 64.5 Å². The summed E-state index contributed by atoms with van der Waals surface area (Å²) in [6.07, 6.45) is 0. The predicted molar refractivity (Wildman–Crippen MR) is 72.0 cm³/mol. The summed E-state index contributed by atoms with van der Waals surface area (Å²) in [4.78, 5) is 23.5. The Bertz CT molecular complexity index is 809. The highest BCUT2D eigenvalue weighted by molar-refractivity contribution is 6.08. The SMILES string of the molecule is COC(=O)c1ccccc1NC(=O)c1c(F)c(F)c(F)c(F)c1F. The maximum Gasteiger partial charge on any atom is 0.339 e. The van der Waals surface area contributed by atoms with Gasteiger partial charge in [-0.15, -0.1) is 0 Å². The van der Waals surface area contributed by atoms with Crippen LogP contribution >= 0.6 is 0 Å². The highest BCUT2D eigenvalue weighted by atomic mass is 19.2. The van der Waals surface area contributed by atoms with E-state index in [1.807, 2.05) is 5.32 Å². The molecule has 1 amide bonds. The zero-order valence-corrected chi connectivity index (χ0v) is 11.9. The number of esters is 1. The molecular formula is C15H8F5NO3. The molecule has 24 heavy (non-hydrogen) atoms. The first-order valence-electron chi connectivity index (χ1n) is 6.29. The Hall–Kier alpha value is -2.97. The Morgan fingerprint density at radius 1 is 0.875 bits per heavy atom. The summed E-state index contributed by atoms with van der Waals surface area (Å²) in [7, 11) is 1.06. The fourth-order valence-corrected chi connectivity index (χ4v) is 1.87. The van der Waals surface area contributed by atoms with Gasteiger partial charge in [0.05, 0.1) is 18.4 Å². The lowest BCUT2D eigenvalue weighted by Crippen LogP contribution is -2.20. The molecule has 4 nitrogen and oxygen atoms in total. The lowest BCUT2D eigenvalue weighted by atomic mass is 10.1. The summed E-state index contributed by atoms with van der Waals surface area (Å²) in [5.41, 5.74) is -2.05. The monoisotopic (exact) mass is 345 g/mol. The predicted octanol–water partition coefficient (Wildman–Crippen LogP) is 3.42. The number of carbonyl (C=O) groups is 2. The van der Waals surface area contributed by atoms with Crippen molar-refractivity contribution < 1.29 is 36.3 Å². The largest absolute Gasteiger partial charge is 0.465 e. The van der Waals surface area contributed by atoms with E-state index in [9.17, 15) is 31.5 Å². The van der Waals surface area contributed by atoms with Gasteiger partial charge in [0.15, 0.2) is 23.3 Å². The molecule has 0 aliphatic carbocycles. The number of para-hydroxylation sites is 1. The molecule has 2 rings (SSSR count). The molecular weight excluding hydrogens is 337 g/mol. The number of methoxy groups -OCH3 is 1. The number of anilines is 1. The fourth-order valence-electron chi connectivity index (χ4n) is 1.87. The van der Waals surface area contributed by atoms with E-state index in [4.69, 9.17) is 0 Å². The zero-order chi connectivity index (χ0) is 18.0. The molecule has 0 spiro atoms. The van der Waals surface area contributed by atoms with Gasteiger partial charge in [0.2, 0.25) is 5.82 Å². The summed E-state index contributed by atoms with van der Waals surface area (Å²) in [6.45, 7) is 0. The number of hydrogen-bond acceptors (Lipinski definition) is 3. The molecule has 0 bridgehead atoms. The molecule has 0 unspecified atom stereocenters. The van der Waals surface area contributed by atoms with Crippen molar-refractivity contribution in [3.63, 3.8) is 0 Å². The number of nitrogens with one attached hydrogen (secondary N) is 1. The van der Waals surface area contributed by atoms with Crippen molar-refractivity contribution in [2.24, 2.45) is 0 Å². The van der Waals surface area contributed by atoms with Crippen LogP contribution in [0.2, 0.25) is 0 Å². The lowest BCUT2D eigenvalue weighted by molar-refractivity contribution is 0.0602. The third-order valence-corrected chi connectivity index (χ3v) is 3.02. The number of rotatable bonds is 3. The van der Waals surface area contributed by atoms with Crippen molar-refractivity contribution in [2.75, 3.05) is 12.4 Å². The summed E-state index contributed by atoms with van der Waals surface area (Å²) >= 11 is 0. The molecule has 0 heterocycles. The van der Waals surface area contributed by atoms with E-state index in [0.717, 1.165) is 7.11 Å². The second-order valence-corrected chi connectivity index (χ2v) is 4.44. The summed E-state index contributed by atoms with van der Waals surface area (Å²) in [5, 5.41) is 1.92. The highest BCUT2D eigenvalue weighted by Gasteiger charge is 2.30. The molecule has 0 fully saturated rings. The van der Waals surface area contributed by atoms with E-state index in [2.05, 4.69) is 4.74 Å². The van der Waals surface area contributed by atoms with Crippen LogP contribution in [0.1, 0.15) is 20.7 Å². The minimum atomic E-state index is -2.38. The Labute approximate surface area is 131 Å². The summed E-state index contributed by atoms with van der Waals surface area (Å²) in [6, 6.07) is 5.22. The summed E-state index contributed by atoms with van der Waals surface area (Å²) < 4.78 is 71.0. The van der Waals surface area contributed by atoms with Crippen molar-refractivity contribution in [1.82, 2.24) is 0 Å². The van der Waals surface area contributed by atoms with Gasteiger partial charge < -0.3 is 10.1 Å². The average Bonchev–Trinajstić information content (AvgIpc) is 2.58. The molecule has 0 aliphatic heterocycles. The van der Waals surface area contributed by atoms with Gasteiger partial charge in [-0.25, -0.2) is 26.7 Å². The van der Waals surface area contributed by atoms with E-state index in [1.165, 1.54) is 24.3 Å². The average molecular weight is 345 g/mol. The molecule has 126 valence electrons. The molecule has 1 N–H and O–H groups in total. The minimum absolute atomic E-state index is 0.169. The van der Waals surface area contributed by atoms with Gasteiger partial charge in [0.1, 0.15) is 5.56 Å². The Morgan fingerprint density at radius 2 is 1.38 bits per heavy atom. The number of carbonyl (C=O) groups excluding carboxylic acids is 2. The molecule has 2 aromatic carbocycles. The number of ether oxygens (including phenoxy) is 1. The van der Waals surface area contributed by atoms with Crippen LogP contribution in [0.4, 0.5) is 27.6 Å². The molecule has 0 saturated carbocycles. The van der Waals surface area contributed by atoms with Gasteiger partial charge in [0.25, 0.3) is 5.91 Å². The third kappa shape index (κ3) is 2.92. The molecule has 0 atom stereocenters. The Balaban J connectivity index is 2.48. The van der Waals surface area contributed by atoms with Gasteiger partial charge in [0, 0.05) is 0 Å². The molecule has 0 aromatic heterocycles. The zero-order valence-electron chi connectivity index (χ0n) is 11.9. The quantitative estimate of drug-likeness (QED) is 0.401. The topological polar surface area (TPSA) is 55.4 Å². The number of hydrogen-bond donors (Lipinski definition) is 1. The number of benzene rings is 2. The van der Waals surface area contributed by atoms with E-state index in [-0.39, 0.29) is 11.3 Å². The van der Waals surface area contributed by atoms with Gasteiger partial charge in [-0.1, -0.05) is 12.1 Å². The molecule has 0 aliphatic rings. The molecule has 0 saturated heterocycles. The van der Waals surface area contributed by atoms with Crippen LogP contribution < -0.4 is 5.32 Å². The van der Waals surface area contributed by atoms with Crippen LogP contribution in [0.25, 0.3) is 0 Å². The maximum atomic E-state index is 13.6. The first-order valence-corrected chi connectivity index (χ1v) is 6.29. The molecule has 9 heteroatoms. The van der Waals surface area contributed by atoms with Crippen molar-refractivity contribution in [1.29, 1.82) is 0 Å². The van der Waals surface area contributed by atoms with Crippen LogP contribution in [-0.2, 0) is 4.74 Å². The second-order valence-electron chi connectivity index (χ2n) is 4.44. The van der Waals surface area contributed by atoms with E-state index in [1.54, 1.807) is 0 Å². The van der Waals surface area contributed by atoms with Gasteiger partial charge >= 0.3 is 5.97 Å². The number of halogens is 5. The molecule has 2 aromatic rings. The first kappa shape index (κ1) is 17.4. The highest BCUT2D eigenvalue weighted by Crippen LogP contribution is 2.25. The van der Waals surface area contributed by atoms with Crippen LogP contribution in [0.5, 0.6) is 0 Å². The van der Waals surface area contributed by atoms with Crippen LogP contribution in [-0.4, -0.2) is 19.0 Å². The number of amides is 1. The van der Waals surface area contributed by atoms with Crippen molar-refractivity contribution in [3.8, 4) is 0 Å². The van der Waals surface area contributed by atoms with Crippen LogP contribution in [0.15, 0.2) is 24.3 Å². The minimum Gasteiger partial charge on any atom is -0.465 e. The van der Waals surface area contributed by atoms with E-state index in [0.29, 0.717) is 0 Å². The van der Waals surface area contributed by atoms with Crippen molar-refractivity contribution in [2.45, 2.75) is 0 Å². The Morgan fingerprint density at radius 3 is 1.92 bits per heavy atom. The normalized spacial score (nSPS) is 10.4. The summed E-state index contributed by atoms with van der Waals surface area (Å²) in [5.74, 6) is -13.9. The van der Waals surface area contributed by atoms with Crippen LogP contribution in [0, 0.1) is 29.1 Å². The first-order chi connectivity index (χ1) is 11.3. The Kier molecular flexibility index (Phi) is 4.82. The van der Waals surface area contributed by atoms with Crippen molar-refractivity contribution >= 4 is 17.6 Å².